The van der Waals surface area contributed by atoms with Gasteiger partial charge in [-0.3, -0.25) is 0 Å². The summed E-state index contributed by atoms with van der Waals surface area (Å²) in [6.07, 6.45) is 3.39. The zero-order chi connectivity index (χ0) is 16.1. The molecule has 0 spiro atoms. The standard InChI is InChI=1S/C23H22/c1-3-5-19-6-8-20(9-7-19)10-11-21-13-15-22-16-18(4-2)12-14-23(22)17-21/h6-9,12-17H,3-5H2,1-2H3. The average molecular weight is 298 g/mol. The molecule has 0 radical (unpaired) electrons. The lowest BCUT2D eigenvalue weighted by molar-refractivity contribution is 0.922. The minimum absolute atomic E-state index is 1.07. The molecule has 0 heteroatoms. The highest BCUT2D eigenvalue weighted by molar-refractivity contribution is 5.84. The summed E-state index contributed by atoms with van der Waals surface area (Å²) in [5, 5.41) is 2.55. The average Bonchev–Trinajstić information content (AvgIpc) is 2.61. The van der Waals surface area contributed by atoms with Gasteiger partial charge >= 0.3 is 0 Å². The summed E-state index contributed by atoms with van der Waals surface area (Å²) in [4.78, 5) is 0. The molecule has 0 aliphatic carbocycles. The fourth-order valence-corrected chi connectivity index (χ4v) is 2.78. The summed E-state index contributed by atoms with van der Waals surface area (Å²) in [6, 6.07) is 21.7. The van der Waals surface area contributed by atoms with Crippen LogP contribution in [0.3, 0.4) is 0 Å². The van der Waals surface area contributed by atoms with Crippen LogP contribution < -0.4 is 0 Å². The first-order valence-corrected chi connectivity index (χ1v) is 8.42. The molecule has 23 heavy (non-hydrogen) atoms. The highest BCUT2D eigenvalue weighted by Crippen LogP contribution is 2.18. The Labute approximate surface area is 139 Å². The molecule has 0 nitrogen and oxygen atoms in total. The summed E-state index contributed by atoms with van der Waals surface area (Å²) in [7, 11) is 0. The van der Waals surface area contributed by atoms with Crippen molar-refractivity contribution in [1.82, 2.24) is 0 Å². The molecule has 114 valence electrons. The summed E-state index contributed by atoms with van der Waals surface area (Å²) < 4.78 is 0. The topological polar surface area (TPSA) is 0 Å². The lowest BCUT2D eigenvalue weighted by atomic mass is 10.0. The first-order valence-electron chi connectivity index (χ1n) is 8.42. The van der Waals surface area contributed by atoms with E-state index in [1.54, 1.807) is 0 Å². The van der Waals surface area contributed by atoms with Crippen LogP contribution in [0.4, 0.5) is 0 Å². The molecule has 0 aromatic heterocycles. The van der Waals surface area contributed by atoms with Gasteiger partial charge in [-0.05, 0) is 59.0 Å². The maximum absolute atomic E-state index is 3.28. The molecule has 0 saturated carbocycles. The van der Waals surface area contributed by atoms with Crippen molar-refractivity contribution < 1.29 is 0 Å². The van der Waals surface area contributed by atoms with Gasteiger partial charge in [0.2, 0.25) is 0 Å². The number of aryl methyl sites for hydroxylation is 2. The van der Waals surface area contributed by atoms with Crippen LogP contribution in [0.2, 0.25) is 0 Å². The third-order valence-electron chi connectivity index (χ3n) is 4.16. The Hall–Kier alpha value is -2.52. The molecule has 0 amide bonds. The van der Waals surface area contributed by atoms with E-state index < -0.39 is 0 Å². The van der Waals surface area contributed by atoms with Gasteiger partial charge in [0.05, 0.1) is 0 Å². The zero-order valence-electron chi connectivity index (χ0n) is 13.9. The van der Waals surface area contributed by atoms with Crippen LogP contribution in [0, 0.1) is 11.8 Å². The molecular weight excluding hydrogens is 276 g/mol. The summed E-state index contributed by atoms with van der Waals surface area (Å²) in [5.74, 6) is 6.55. The number of hydrogen-bond acceptors (Lipinski definition) is 0. The van der Waals surface area contributed by atoms with Gasteiger partial charge in [-0.1, -0.05) is 68.5 Å². The van der Waals surface area contributed by atoms with Crippen LogP contribution in [0.1, 0.15) is 42.5 Å². The number of rotatable bonds is 3. The highest BCUT2D eigenvalue weighted by atomic mass is 14.0. The Kier molecular flexibility index (Phi) is 4.79. The second-order valence-corrected chi connectivity index (χ2v) is 5.95. The highest BCUT2D eigenvalue weighted by Gasteiger charge is 1.97. The Bertz CT molecular complexity index is 858. The Morgan fingerprint density at radius 3 is 2.00 bits per heavy atom. The Balaban J connectivity index is 1.84. The third kappa shape index (κ3) is 3.82. The van der Waals surface area contributed by atoms with Gasteiger partial charge in [0.1, 0.15) is 0 Å². The molecule has 0 atom stereocenters. The van der Waals surface area contributed by atoms with E-state index in [0.29, 0.717) is 0 Å². The van der Waals surface area contributed by atoms with Crippen LogP contribution >= 0.6 is 0 Å². The molecule has 0 aliphatic rings. The molecule has 3 rings (SSSR count). The monoisotopic (exact) mass is 298 g/mol. The van der Waals surface area contributed by atoms with E-state index in [2.05, 4.69) is 86.4 Å². The van der Waals surface area contributed by atoms with Crippen molar-refractivity contribution in [3.05, 3.63) is 82.9 Å². The molecule has 3 aromatic rings. The molecule has 0 unspecified atom stereocenters. The lowest BCUT2D eigenvalue weighted by Gasteiger charge is -2.02. The van der Waals surface area contributed by atoms with Crippen molar-refractivity contribution in [2.75, 3.05) is 0 Å². The minimum atomic E-state index is 1.07. The van der Waals surface area contributed by atoms with Gasteiger partial charge in [-0.15, -0.1) is 0 Å². The smallest absolute Gasteiger partial charge is 0.0255 e. The van der Waals surface area contributed by atoms with E-state index in [1.165, 1.54) is 28.3 Å². The predicted molar refractivity (Wildman–Crippen MR) is 99.7 cm³/mol. The molecular formula is C23H22. The second-order valence-electron chi connectivity index (χ2n) is 5.95. The van der Waals surface area contributed by atoms with Crippen molar-refractivity contribution in [1.29, 1.82) is 0 Å². The van der Waals surface area contributed by atoms with Crippen LogP contribution in [0.5, 0.6) is 0 Å². The molecule has 0 bridgehead atoms. The van der Waals surface area contributed by atoms with Crippen molar-refractivity contribution in [2.45, 2.75) is 33.1 Å². The first-order chi connectivity index (χ1) is 11.3. The van der Waals surface area contributed by atoms with E-state index in [1.807, 2.05) is 0 Å². The van der Waals surface area contributed by atoms with Crippen molar-refractivity contribution >= 4 is 10.8 Å². The third-order valence-corrected chi connectivity index (χ3v) is 4.16. The summed E-state index contributed by atoms with van der Waals surface area (Å²) in [6.45, 7) is 4.39. The molecule has 0 heterocycles. The van der Waals surface area contributed by atoms with E-state index in [0.717, 1.165) is 24.0 Å². The van der Waals surface area contributed by atoms with Crippen molar-refractivity contribution in [3.8, 4) is 11.8 Å². The molecule has 0 aliphatic heterocycles. The molecule has 0 fully saturated rings. The maximum Gasteiger partial charge on any atom is 0.0255 e. The summed E-state index contributed by atoms with van der Waals surface area (Å²) >= 11 is 0. The van der Waals surface area contributed by atoms with Crippen molar-refractivity contribution in [3.63, 3.8) is 0 Å². The van der Waals surface area contributed by atoms with E-state index in [-0.39, 0.29) is 0 Å². The minimum Gasteiger partial charge on any atom is -0.0651 e. The fourth-order valence-electron chi connectivity index (χ4n) is 2.78. The van der Waals surface area contributed by atoms with Gasteiger partial charge in [0.15, 0.2) is 0 Å². The van der Waals surface area contributed by atoms with Gasteiger partial charge < -0.3 is 0 Å². The van der Waals surface area contributed by atoms with E-state index in [4.69, 9.17) is 0 Å². The normalized spacial score (nSPS) is 10.3. The Morgan fingerprint density at radius 2 is 1.26 bits per heavy atom. The van der Waals surface area contributed by atoms with E-state index in [9.17, 15) is 0 Å². The zero-order valence-corrected chi connectivity index (χ0v) is 13.9. The van der Waals surface area contributed by atoms with Gasteiger partial charge in [-0.2, -0.15) is 0 Å². The first kappa shape index (κ1) is 15.4. The van der Waals surface area contributed by atoms with Crippen LogP contribution in [0.15, 0.2) is 60.7 Å². The van der Waals surface area contributed by atoms with E-state index >= 15 is 0 Å². The van der Waals surface area contributed by atoms with Crippen LogP contribution in [0.25, 0.3) is 10.8 Å². The molecule has 3 aromatic carbocycles. The summed E-state index contributed by atoms with van der Waals surface area (Å²) in [5.41, 5.74) is 4.91. The number of benzene rings is 3. The number of fused-ring (bicyclic) bond motifs is 1. The van der Waals surface area contributed by atoms with Gasteiger partial charge in [0.25, 0.3) is 0 Å². The number of hydrogen-bond donors (Lipinski definition) is 0. The maximum atomic E-state index is 3.28. The second kappa shape index (κ2) is 7.16. The quantitative estimate of drug-likeness (QED) is 0.540. The SMILES string of the molecule is CCCc1ccc(C#Cc2ccc3cc(CC)ccc3c2)cc1. The van der Waals surface area contributed by atoms with Gasteiger partial charge in [-0.25, -0.2) is 0 Å². The molecule has 0 N–H and O–H groups in total. The predicted octanol–water partition coefficient (Wildman–Crippen LogP) is 5.75. The molecule has 0 saturated heterocycles. The van der Waals surface area contributed by atoms with Crippen LogP contribution in [-0.2, 0) is 12.8 Å². The largest absolute Gasteiger partial charge is 0.0651 e. The van der Waals surface area contributed by atoms with Crippen molar-refractivity contribution in [2.24, 2.45) is 0 Å². The van der Waals surface area contributed by atoms with Crippen LogP contribution in [-0.4, -0.2) is 0 Å². The fraction of sp³-hybridized carbons (Fsp3) is 0.217. The van der Waals surface area contributed by atoms with Gasteiger partial charge in [0, 0.05) is 11.1 Å². The Morgan fingerprint density at radius 1 is 0.652 bits per heavy atom. The lowest BCUT2D eigenvalue weighted by Crippen LogP contribution is -1.84.